The fraction of sp³-hybridized carbons (Fsp3) is 0.750. The number of thioether (sulfide) groups is 1. The van der Waals surface area contributed by atoms with E-state index in [2.05, 4.69) is 50.4 Å². The third kappa shape index (κ3) is 4.68. The monoisotopic (exact) mass is 373 g/mol. The molecule has 0 heterocycles. The Kier molecular flexibility index (Phi) is 7.13. The fourth-order valence-electron chi connectivity index (χ4n) is 5.84. The van der Waals surface area contributed by atoms with Crippen LogP contribution in [0.4, 0.5) is 0 Å². The van der Waals surface area contributed by atoms with E-state index in [0.29, 0.717) is 17.4 Å². The Hall–Kier alpha value is -0.470. The van der Waals surface area contributed by atoms with Crippen molar-refractivity contribution in [1.82, 2.24) is 0 Å². The number of benzene rings is 1. The molecule has 5 atom stereocenters. The van der Waals surface area contributed by atoms with E-state index in [0.717, 1.165) is 17.8 Å². The van der Waals surface area contributed by atoms with Gasteiger partial charge in [-0.25, -0.2) is 0 Å². The molecule has 1 aromatic carbocycles. The lowest BCUT2D eigenvalue weighted by Crippen LogP contribution is -2.53. The summed E-state index contributed by atoms with van der Waals surface area (Å²) in [4.78, 5) is 0. The summed E-state index contributed by atoms with van der Waals surface area (Å²) in [6, 6.07) is 11.3. The highest BCUT2D eigenvalue weighted by molar-refractivity contribution is 7.98. The SMILES string of the molecule is CSCCC(CCCc1ccccc1)C(N)CC1CCC2CC1C2(C)C. The largest absolute Gasteiger partial charge is 0.327 e. The summed E-state index contributed by atoms with van der Waals surface area (Å²) in [5.41, 5.74) is 8.89. The molecule has 2 bridgehead atoms. The van der Waals surface area contributed by atoms with Gasteiger partial charge in [-0.05, 0) is 98.0 Å². The predicted molar refractivity (Wildman–Crippen MR) is 117 cm³/mol. The fourth-order valence-corrected chi connectivity index (χ4v) is 6.38. The van der Waals surface area contributed by atoms with Crippen molar-refractivity contribution < 1.29 is 0 Å². The zero-order valence-electron chi connectivity index (χ0n) is 17.1. The van der Waals surface area contributed by atoms with Gasteiger partial charge in [-0.2, -0.15) is 11.8 Å². The second kappa shape index (κ2) is 9.15. The third-order valence-corrected chi connectivity index (χ3v) is 8.40. The maximum Gasteiger partial charge on any atom is 0.00702 e. The molecule has 3 aliphatic rings. The molecule has 0 spiro atoms. The molecule has 3 saturated carbocycles. The molecule has 3 aliphatic carbocycles. The van der Waals surface area contributed by atoms with E-state index in [9.17, 15) is 0 Å². The molecular formula is C24H39NS. The molecule has 0 amide bonds. The van der Waals surface area contributed by atoms with Crippen LogP contribution in [0.3, 0.4) is 0 Å². The van der Waals surface area contributed by atoms with Crippen molar-refractivity contribution in [3.8, 4) is 0 Å². The Morgan fingerprint density at radius 3 is 2.58 bits per heavy atom. The molecule has 1 nitrogen and oxygen atoms in total. The van der Waals surface area contributed by atoms with Gasteiger partial charge in [-0.15, -0.1) is 0 Å². The first-order valence-electron chi connectivity index (χ1n) is 10.8. The number of hydrogen-bond donors (Lipinski definition) is 1. The third-order valence-electron chi connectivity index (χ3n) is 7.76. The average Bonchev–Trinajstić information content (AvgIpc) is 2.65. The maximum absolute atomic E-state index is 6.83. The van der Waals surface area contributed by atoms with Gasteiger partial charge in [-0.1, -0.05) is 44.2 Å². The van der Waals surface area contributed by atoms with Crippen molar-refractivity contribution in [2.45, 2.75) is 71.3 Å². The molecular weight excluding hydrogens is 334 g/mol. The van der Waals surface area contributed by atoms with Crippen LogP contribution in [0.2, 0.25) is 0 Å². The van der Waals surface area contributed by atoms with Gasteiger partial charge < -0.3 is 5.73 Å². The van der Waals surface area contributed by atoms with Crippen LogP contribution in [0, 0.1) is 29.1 Å². The van der Waals surface area contributed by atoms with Crippen molar-refractivity contribution in [2.75, 3.05) is 12.0 Å². The Morgan fingerprint density at radius 2 is 1.92 bits per heavy atom. The summed E-state index contributed by atoms with van der Waals surface area (Å²) in [7, 11) is 0. The summed E-state index contributed by atoms with van der Waals surface area (Å²) in [6.07, 6.45) is 12.9. The van der Waals surface area contributed by atoms with E-state index in [1.165, 1.54) is 62.7 Å². The van der Waals surface area contributed by atoms with Crippen LogP contribution in [0.25, 0.3) is 0 Å². The van der Waals surface area contributed by atoms with Crippen LogP contribution in [-0.2, 0) is 6.42 Å². The smallest absolute Gasteiger partial charge is 0.00702 e. The van der Waals surface area contributed by atoms with Crippen molar-refractivity contribution in [3.05, 3.63) is 35.9 Å². The van der Waals surface area contributed by atoms with Gasteiger partial charge in [0.25, 0.3) is 0 Å². The van der Waals surface area contributed by atoms with E-state index >= 15 is 0 Å². The molecule has 0 aromatic heterocycles. The first kappa shape index (κ1) is 20.3. The molecule has 2 N–H and O–H groups in total. The normalized spacial score (nSPS) is 29.0. The standard InChI is InChI=1S/C24H39NS/c1-24(2)21-13-12-20(22(24)17-21)16-23(25)19(14-15-26-3)11-7-10-18-8-5-4-6-9-18/h4-6,8-9,19-23H,7,10-17,25H2,1-3H3. The highest BCUT2D eigenvalue weighted by Crippen LogP contribution is 2.62. The first-order valence-corrected chi connectivity index (χ1v) is 12.2. The van der Waals surface area contributed by atoms with E-state index in [4.69, 9.17) is 5.73 Å². The van der Waals surface area contributed by atoms with E-state index in [1.54, 1.807) is 0 Å². The quantitative estimate of drug-likeness (QED) is 0.531. The highest BCUT2D eigenvalue weighted by atomic mass is 32.2. The molecule has 3 fully saturated rings. The Balaban J connectivity index is 1.51. The number of rotatable bonds is 10. The molecule has 0 aliphatic heterocycles. The minimum absolute atomic E-state index is 0.399. The van der Waals surface area contributed by atoms with Crippen LogP contribution in [0.1, 0.15) is 64.4 Å². The minimum Gasteiger partial charge on any atom is -0.327 e. The summed E-state index contributed by atoms with van der Waals surface area (Å²) in [6.45, 7) is 5.02. The first-order chi connectivity index (χ1) is 12.5. The second-order valence-electron chi connectivity index (χ2n) is 9.52. The summed E-state index contributed by atoms with van der Waals surface area (Å²) >= 11 is 1.98. The molecule has 2 heteroatoms. The van der Waals surface area contributed by atoms with Crippen LogP contribution in [-0.4, -0.2) is 18.1 Å². The topological polar surface area (TPSA) is 26.0 Å². The van der Waals surface area contributed by atoms with E-state index in [-0.39, 0.29) is 0 Å². The molecule has 4 rings (SSSR count). The summed E-state index contributed by atoms with van der Waals surface area (Å²) in [5, 5.41) is 0. The van der Waals surface area contributed by atoms with Gasteiger partial charge in [-0.3, -0.25) is 0 Å². The molecule has 146 valence electrons. The van der Waals surface area contributed by atoms with Crippen molar-refractivity contribution in [3.63, 3.8) is 0 Å². The van der Waals surface area contributed by atoms with Crippen molar-refractivity contribution >= 4 is 11.8 Å². The highest BCUT2D eigenvalue weighted by Gasteiger charge is 2.54. The van der Waals surface area contributed by atoms with Crippen molar-refractivity contribution in [1.29, 1.82) is 0 Å². The Bertz CT molecular complexity index is 538. The average molecular weight is 374 g/mol. The summed E-state index contributed by atoms with van der Waals surface area (Å²) < 4.78 is 0. The molecule has 1 aromatic rings. The lowest BCUT2D eigenvalue weighted by Gasteiger charge is -2.60. The Morgan fingerprint density at radius 1 is 1.15 bits per heavy atom. The number of hydrogen-bond acceptors (Lipinski definition) is 2. The molecule has 26 heavy (non-hydrogen) atoms. The minimum atomic E-state index is 0.399. The van der Waals surface area contributed by atoms with Gasteiger partial charge in [0.2, 0.25) is 0 Å². The summed E-state index contributed by atoms with van der Waals surface area (Å²) in [5.74, 6) is 4.78. The van der Waals surface area contributed by atoms with Crippen molar-refractivity contribution in [2.24, 2.45) is 34.8 Å². The van der Waals surface area contributed by atoms with Gasteiger partial charge in [0.1, 0.15) is 0 Å². The van der Waals surface area contributed by atoms with Crippen LogP contribution < -0.4 is 5.73 Å². The predicted octanol–water partition coefficient (Wildman–Crippen LogP) is 6.17. The van der Waals surface area contributed by atoms with Gasteiger partial charge >= 0.3 is 0 Å². The molecule has 0 saturated heterocycles. The van der Waals surface area contributed by atoms with Gasteiger partial charge in [0, 0.05) is 6.04 Å². The van der Waals surface area contributed by atoms with Crippen LogP contribution in [0.5, 0.6) is 0 Å². The van der Waals surface area contributed by atoms with Crippen LogP contribution >= 0.6 is 11.8 Å². The number of aryl methyl sites for hydroxylation is 1. The number of fused-ring (bicyclic) bond motifs is 2. The lowest BCUT2D eigenvalue weighted by atomic mass is 9.45. The zero-order chi connectivity index (χ0) is 18.6. The maximum atomic E-state index is 6.83. The lowest BCUT2D eigenvalue weighted by molar-refractivity contribution is -0.109. The van der Waals surface area contributed by atoms with E-state index < -0.39 is 0 Å². The molecule has 0 radical (unpaired) electrons. The zero-order valence-corrected chi connectivity index (χ0v) is 17.9. The second-order valence-corrected chi connectivity index (χ2v) is 10.5. The molecule has 5 unspecified atom stereocenters. The Labute approximate surface area is 165 Å². The number of nitrogens with two attached hydrogens (primary N) is 1. The van der Waals surface area contributed by atoms with Gasteiger partial charge in [0.15, 0.2) is 0 Å². The van der Waals surface area contributed by atoms with E-state index in [1.807, 2.05) is 11.8 Å². The van der Waals surface area contributed by atoms with Crippen LogP contribution in [0.15, 0.2) is 30.3 Å². The van der Waals surface area contributed by atoms with Gasteiger partial charge in [0.05, 0.1) is 0 Å².